The molecule has 0 aromatic rings. The van der Waals surface area contributed by atoms with E-state index in [4.69, 9.17) is 10.2 Å². The van der Waals surface area contributed by atoms with Gasteiger partial charge in [-0.05, 0) is 0 Å². The fraction of sp³-hybridized carbons (Fsp3) is 0.167. The first kappa shape index (κ1) is 11.1. The van der Waals surface area contributed by atoms with Gasteiger partial charge in [-0.2, -0.15) is 0 Å². The predicted molar refractivity (Wildman–Crippen MR) is 40.3 cm³/mol. The minimum atomic E-state index is -1.47. The number of hydrogen-bond acceptors (Lipinski definition) is 4. The van der Waals surface area contributed by atoms with Crippen LogP contribution in [-0.4, -0.2) is 28.1 Å². The standard InChI is InChI=1S/C6H8N2O5/c7-8-4(9)1-3(6(12)13)2-5(10)11/h1H,2,7H2,(H,8,9)(H,10,11)(H,12,13). The van der Waals surface area contributed by atoms with Crippen molar-refractivity contribution in [3.05, 3.63) is 11.6 Å². The molecule has 13 heavy (non-hydrogen) atoms. The average Bonchev–Trinajstić information content (AvgIpc) is 2.02. The molecule has 5 N–H and O–H groups in total. The third-order valence-corrected chi connectivity index (χ3v) is 1.06. The van der Waals surface area contributed by atoms with Crippen LogP contribution in [0, 0.1) is 0 Å². The van der Waals surface area contributed by atoms with E-state index in [9.17, 15) is 14.4 Å². The van der Waals surface area contributed by atoms with Gasteiger partial charge in [-0.15, -0.1) is 0 Å². The Labute approximate surface area is 72.8 Å². The summed E-state index contributed by atoms with van der Waals surface area (Å²) in [6, 6.07) is 0. The molecule has 1 amide bonds. The molecular weight excluding hydrogens is 180 g/mol. The van der Waals surface area contributed by atoms with Gasteiger partial charge in [-0.1, -0.05) is 0 Å². The topological polar surface area (TPSA) is 130 Å². The number of carbonyl (C=O) groups is 3. The average molecular weight is 188 g/mol. The summed E-state index contributed by atoms with van der Waals surface area (Å²) in [4.78, 5) is 31.0. The van der Waals surface area contributed by atoms with Crippen molar-refractivity contribution in [1.82, 2.24) is 5.43 Å². The molecule has 0 saturated carbocycles. The lowest BCUT2D eigenvalue weighted by molar-refractivity contribution is -0.139. The Kier molecular flexibility index (Phi) is 4.17. The van der Waals surface area contributed by atoms with Crippen LogP contribution in [-0.2, 0) is 14.4 Å². The molecule has 0 aliphatic rings. The lowest BCUT2D eigenvalue weighted by Crippen LogP contribution is -2.29. The monoisotopic (exact) mass is 188 g/mol. The zero-order valence-electron chi connectivity index (χ0n) is 6.48. The summed E-state index contributed by atoms with van der Waals surface area (Å²) in [5.41, 5.74) is 1.12. The molecule has 0 aromatic carbocycles. The Hall–Kier alpha value is -1.89. The summed E-state index contributed by atoms with van der Waals surface area (Å²) in [7, 11) is 0. The van der Waals surface area contributed by atoms with Crippen LogP contribution in [0.1, 0.15) is 6.42 Å². The number of carbonyl (C=O) groups excluding carboxylic acids is 1. The van der Waals surface area contributed by atoms with Crippen LogP contribution in [0.15, 0.2) is 11.6 Å². The van der Waals surface area contributed by atoms with Crippen LogP contribution in [0.3, 0.4) is 0 Å². The molecule has 0 radical (unpaired) electrons. The molecule has 0 unspecified atom stereocenters. The maximum Gasteiger partial charge on any atom is 0.332 e. The molecule has 0 aliphatic carbocycles. The molecule has 0 bridgehead atoms. The van der Waals surface area contributed by atoms with Crippen LogP contribution < -0.4 is 11.3 Å². The van der Waals surface area contributed by atoms with Crippen molar-refractivity contribution in [2.45, 2.75) is 6.42 Å². The van der Waals surface area contributed by atoms with Gasteiger partial charge < -0.3 is 10.2 Å². The maximum absolute atomic E-state index is 10.5. The smallest absolute Gasteiger partial charge is 0.332 e. The summed E-state index contributed by atoms with van der Waals surface area (Å²) < 4.78 is 0. The molecular formula is C6H8N2O5. The second-order valence-electron chi connectivity index (χ2n) is 2.05. The normalized spacial score (nSPS) is 10.7. The first-order chi connectivity index (χ1) is 5.97. The first-order valence-electron chi connectivity index (χ1n) is 3.13. The van der Waals surface area contributed by atoms with Gasteiger partial charge in [-0.25, -0.2) is 10.6 Å². The number of rotatable bonds is 4. The van der Waals surface area contributed by atoms with E-state index in [0.29, 0.717) is 6.08 Å². The molecule has 7 nitrogen and oxygen atoms in total. The van der Waals surface area contributed by atoms with Crippen molar-refractivity contribution in [3.63, 3.8) is 0 Å². The van der Waals surface area contributed by atoms with Crippen molar-refractivity contribution in [2.75, 3.05) is 0 Å². The van der Waals surface area contributed by atoms with E-state index in [0.717, 1.165) is 0 Å². The van der Waals surface area contributed by atoms with Crippen molar-refractivity contribution in [2.24, 2.45) is 5.84 Å². The van der Waals surface area contributed by atoms with Crippen LogP contribution in [0.4, 0.5) is 0 Å². The van der Waals surface area contributed by atoms with E-state index < -0.39 is 29.8 Å². The van der Waals surface area contributed by atoms with Crippen LogP contribution in [0.5, 0.6) is 0 Å². The minimum absolute atomic E-state index is 0.532. The highest BCUT2D eigenvalue weighted by Gasteiger charge is 2.13. The second kappa shape index (κ2) is 4.88. The zero-order chi connectivity index (χ0) is 10.4. The number of hydrazine groups is 1. The fourth-order valence-electron chi connectivity index (χ4n) is 0.551. The lowest BCUT2D eigenvalue weighted by atomic mass is 10.2. The molecule has 0 spiro atoms. The fourth-order valence-corrected chi connectivity index (χ4v) is 0.551. The van der Waals surface area contributed by atoms with E-state index in [1.807, 2.05) is 0 Å². The third-order valence-electron chi connectivity index (χ3n) is 1.06. The highest BCUT2D eigenvalue weighted by atomic mass is 16.4. The van der Waals surface area contributed by atoms with Gasteiger partial charge in [0.15, 0.2) is 0 Å². The number of nitrogens with two attached hydrogens (primary N) is 1. The Bertz CT molecular complexity index is 270. The summed E-state index contributed by atoms with van der Waals surface area (Å²) >= 11 is 0. The molecule has 0 saturated heterocycles. The summed E-state index contributed by atoms with van der Waals surface area (Å²) in [6.07, 6.45) is -0.112. The predicted octanol–water partition coefficient (Wildman–Crippen LogP) is -1.54. The van der Waals surface area contributed by atoms with E-state index in [-0.39, 0.29) is 0 Å². The van der Waals surface area contributed by atoms with Gasteiger partial charge in [0.2, 0.25) is 0 Å². The number of carboxylic acids is 2. The molecule has 0 atom stereocenters. The van der Waals surface area contributed by atoms with Crippen molar-refractivity contribution >= 4 is 17.8 Å². The largest absolute Gasteiger partial charge is 0.481 e. The van der Waals surface area contributed by atoms with Gasteiger partial charge >= 0.3 is 11.9 Å². The van der Waals surface area contributed by atoms with Crippen LogP contribution in [0.25, 0.3) is 0 Å². The Morgan fingerprint density at radius 3 is 2.15 bits per heavy atom. The van der Waals surface area contributed by atoms with Crippen molar-refractivity contribution < 1.29 is 24.6 Å². The van der Waals surface area contributed by atoms with E-state index in [1.165, 1.54) is 0 Å². The minimum Gasteiger partial charge on any atom is -0.481 e. The van der Waals surface area contributed by atoms with Crippen LogP contribution >= 0.6 is 0 Å². The molecule has 0 aliphatic heterocycles. The molecule has 72 valence electrons. The molecule has 0 aromatic heterocycles. The lowest BCUT2D eigenvalue weighted by Gasteiger charge is -1.97. The molecule has 0 fully saturated rings. The SMILES string of the molecule is NNC(=O)C=C(CC(=O)O)C(=O)O. The summed E-state index contributed by atoms with van der Waals surface area (Å²) in [5.74, 6) is 1.00. The number of hydrogen-bond donors (Lipinski definition) is 4. The van der Waals surface area contributed by atoms with Gasteiger partial charge in [0.05, 0.1) is 12.0 Å². The number of nitrogens with one attached hydrogen (secondary N) is 1. The van der Waals surface area contributed by atoms with Crippen LogP contribution in [0.2, 0.25) is 0 Å². The summed E-state index contributed by atoms with van der Waals surface area (Å²) in [5, 5.41) is 16.7. The molecule has 0 rings (SSSR count). The Morgan fingerprint density at radius 1 is 1.31 bits per heavy atom. The van der Waals surface area contributed by atoms with Gasteiger partial charge in [0.25, 0.3) is 5.91 Å². The summed E-state index contributed by atoms with van der Waals surface area (Å²) in [6.45, 7) is 0. The molecule has 7 heteroatoms. The maximum atomic E-state index is 10.5. The number of carboxylic acid groups (broad SMARTS) is 2. The van der Waals surface area contributed by atoms with E-state index >= 15 is 0 Å². The second-order valence-corrected chi connectivity index (χ2v) is 2.05. The van der Waals surface area contributed by atoms with E-state index in [1.54, 1.807) is 5.43 Å². The third kappa shape index (κ3) is 4.53. The highest BCUT2D eigenvalue weighted by molar-refractivity contribution is 6.00. The zero-order valence-corrected chi connectivity index (χ0v) is 6.48. The number of aliphatic carboxylic acids is 2. The Balaban J connectivity index is 4.60. The highest BCUT2D eigenvalue weighted by Crippen LogP contribution is 2.00. The van der Waals surface area contributed by atoms with Gasteiger partial charge in [-0.3, -0.25) is 15.0 Å². The first-order valence-corrected chi connectivity index (χ1v) is 3.13. The van der Waals surface area contributed by atoms with E-state index in [2.05, 4.69) is 5.84 Å². The quantitative estimate of drug-likeness (QED) is 0.183. The molecule has 0 heterocycles. The number of amides is 1. The van der Waals surface area contributed by atoms with Gasteiger partial charge in [0.1, 0.15) is 0 Å². The van der Waals surface area contributed by atoms with Gasteiger partial charge in [0, 0.05) is 6.08 Å². The Morgan fingerprint density at radius 2 is 1.85 bits per heavy atom. The van der Waals surface area contributed by atoms with Crippen molar-refractivity contribution in [1.29, 1.82) is 0 Å². The van der Waals surface area contributed by atoms with Crippen molar-refractivity contribution in [3.8, 4) is 0 Å².